The van der Waals surface area contributed by atoms with E-state index in [9.17, 15) is 9.59 Å². The van der Waals surface area contributed by atoms with Gasteiger partial charge >= 0.3 is 0 Å². The fourth-order valence-electron chi connectivity index (χ4n) is 4.11. The summed E-state index contributed by atoms with van der Waals surface area (Å²) in [7, 11) is 0. The Morgan fingerprint density at radius 1 is 0.722 bits per heavy atom. The van der Waals surface area contributed by atoms with Crippen LogP contribution in [0.2, 0.25) is 0 Å². The van der Waals surface area contributed by atoms with E-state index in [2.05, 4.69) is 10.6 Å². The quantitative estimate of drug-likeness (QED) is 0.384. The lowest BCUT2D eigenvalue weighted by Crippen LogP contribution is -2.31. The highest BCUT2D eigenvalue weighted by Gasteiger charge is 2.17. The van der Waals surface area contributed by atoms with Crippen molar-refractivity contribution >= 4 is 23.2 Å². The van der Waals surface area contributed by atoms with Crippen LogP contribution in [-0.2, 0) is 4.79 Å². The van der Waals surface area contributed by atoms with Crippen LogP contribution in [0.25, 0.3) is 0 Å². The number of para-hydroxylation sites is 1. The van der Waals surface area contributed by atoms with E-state index in [0.717, 1.165) is 37.4 Å². The van der Waals surface area contributed by atoms with Crippen LogP contribution in [0.5, 0.6) is 11.5 Å². The zero-order chi connectivity index (χ0) is 25.0. The minimum Gasteiger partial charge on any atom is -0.490 e. The van der Waals surface area contributed by atoms with Crippen LogP contribution < -0.4 is 20.1 Å². The number of anilines is 2. The first-order chi connectivity index (χ1) is 17.7. The van der Waals surface area contributed by atoms with Crippen molar-refractivity contribution in [3.8, 4) is 11.5 Å². The predicted molar refractivity (Wildman–Crippen MR) is 142 cm³/mol. The molecule has 2 N–H and O–H groups in total. The lowest BCUT2D eigenvalue weighted by atomic mass is 10.1. The molecule has 1 heterocycles. The van der Waals surface area contributed by atoms with Gasteiger partial charge in [-0.3, -0.25) is 9.59 Å². The van der Waals surface area contributed by atoms with Crippen molar-refractivity contribution in [1.29, 1.82) is 0 Å². The van der Waals surface area contributed by atoms with Crippen molar-refractivity contribution in [2.24, 2.45) is 0 Å². The summed E-state index contributed by atoms with van der Waals surface area (Å²) in [4.78, 5) is 27.3. The average molecular weight is 488 g/mol. The highest BCUT2D eigenvalue weighted by atomic mass is 16.5. The number of rotatable bonds is 10. The van der Waals surface area contributed by atoms with E-state index in [0.29, 0.717) is 30.2 Å². The number of hydrogen-bond donors (Lipinski definition) is 2. The number of carbonyl (C=O) groups is 2. The molecule has 0 aromatic heterocycles. The van der Waals surface area contributed by atoms with Gasteiger partial charge in [0.2, 0.25) is 5.91 Å². The Hall–Kier alpha value is -4.00. The van der Waals surface area contributed by atoms with E-state index in [1.807, 2.05) is 59.5 Å². The maximum atomic E-state index is 12.9. The third-order valence-electron chi connectivity index (χ3n) is 5.94. The number of hydrogen-bond acceptors (Lipinski definition) is 5. The second-order valence-corrected chi connectivity index (χ2v) is 8.73. The lowest BCUT2D eigenvalue weighted by Gasteiger charge is -2.20. The van der Waals surface area contributed by atoms with Gasteiger partial charge in [-0.25, -0.2) is 0 Å². The Morgan fingerprint density at radius 2 is 1.39 bits per heavy atom. The number of ether oxygens (including phenoxy) is 2. The van der Waals surface area contributed by atoms with Crippen LogP contribution in [0.1, 0.15) is 36.0 Å². The molecule has 188 valence electrons. The van der Waals surface area contributed by atoms with Crippen LogP contribution in [0.15, 0.2) is 78.9 Å². The molecular formula is C29H33N3O4. The highest BCUT2D eigenvalue weighted by molar-refractivity contribution is 5.98. The molecule has 0 radical (unpaired) electrons. The zero-order valence-corrected chi connectivity index (χ0v) is 20.4. The minimum atomic E-state index is -0.197. The highest BCUT2D eigenvalue weighted by Crippen LogP contribution is 2.19. The molecule has 7 nitrogen and oxygen atoms in total. The number of nitrogens with one attached hydrogen (secondary N) is 2. The van der Waals surface area contributed by atoms with Crippen molar-refractivity contribution in [2.45, 2.75) is 25.7 Å². The first-order valence-electron chi connectivity index (χ1n) is 12.5. The molecule has 3 aromatic carbocycles. The molecule has 0 saturated carbocycles. The second kappa shape index (κ2) is 13.2. The molecule has 1 saturated heterocycles. The van der Waals surface area contributed by atoms with Crippen molar-refractivity contribution in [3.05, 3.63) is 84.4 Å². The molecule has 0 atom stereocenters. The molecule has 3 aromatic rings. The van der Waals surface area contributed by atoms with Crippen LogP contribution >= 0.6 is 0 Å². The van der Waals surface area contributed by atoms with Crippen LogP contribution in [0.4, 0.5) is 11.4 Å². The van der Waals surface area contributed by atoms with Gasteiger partial charge in [0.05, 0.1) is 6.54 Å². The van der Waals surface area contributed by atoms with Gasteiger partial charge in [0.15, 0.2) is 0 Å². The smallest absolute Gasteiger partial charge is 0.253 e. The number of nitrogens with zero attached hydrogens (tertiary/aromatic N) is 1. The van der Waals surface area contributed by atoms with Crippen LogP contribution in [0.3, 0.4) is 0 Å². The Bertz CT molecular complexity index is 1130. The first kappa shape index (κ1) is 25.1. The van der Waals surface area contributed by atoms with Gasteiger partial charge < -0.3 is 25.0 Å². The van der Waals surface area contributed by atoms with Gasteiger partial charge in [0, 0.05) is 36.1 Å². The molecule has 0 unspecified atom stereocenters. The maximum absolute atomic E-state index is 12.9. The van der Waals surface area contributed by atoms with Gasteiger partial charge in [-0.1, -0.05) is 43.2 Å². The summed E-state index contributed by atoms with van der Waals surface area (Å²) in [6.07, 6.45) is 4.43. The summed E-state index contributed by atoms with van der Waals surface area (Å²) in [6, 6.07) is 24.2. The molecule has 36 heavy (non-hydrogen) atoms. The van der Waals surface area contributed by atoms with E-state index in [4.69, 9.17) is 9.47 Å². The van der Waals surface area contributed by atoms with Gasteiger partial charge in [-0.2, -0.15) is 0 Å². The normalized spacial score (nSPS) is 13.4. The third-order valence-corrected chi connectivity index (χ3v) is 5.94. The molecule has 2 amide bonds. The standard InChI is InChI=1S/C29H33N3O4/c33-28(31-25-12-8-10-23(20-25)29(34)32-16-6-1-2-7-17-32)22-30-24-11-9-15-27(21-24)36-19-18-35-26-13-4-3-5-14-26/h3-5,8-15,20-21,30H,1-2,6-7,16-19,22H2,(H,31,33). The van der Waals surface area contributed by atoms with E-state index >= 15 is 0 Å². The molecule has 1 aliphatic heterocycles. The van der Waals surface area contributed by atoms with Crippen molar-refractivity contribution < 1.29 is 19.1 Å². The number of amides is 2. The lowest BCUT2D eigenvalue weighted by molar-refractivity contribution is -0.114. The fourth-order valence-corrected chi connectivity index (χ4v) is 4.11. The van der Waals surface area contributed by atoms with Gasteiger partial charge in [-0.15, -0.1) is 0 Å². The van der Waals surface area contributed by atoms with Crippen molar-refractivity contribution in [1.82, 2.24) is 4.90 Å². The van der Waals surface area contributed by atoms with Crippen molar-refractivity contribution in [2.75, 3.05) is 43.5 Å². The van der Waals surface area contributed by atoms with Gasteiger partial charge in [0.1, 0.15) is 24.7 Å². The minimum absolute atomic E-state index is 0.0251. The van der Waals surface area contributed by atoms with E-state index in [-0.39, 0.29) is 18.4 Å². The van der Waals surface area contributed by atoms with Crippen molar-refractivity contribution in [3.63, 3.8) is 0 Å². The topological polar surface area (TPSA) is 79.9 Å². The van der Waals surface area contributed by atoms with E-state index < -0.39 is 0 Å². The molecule has 1 aliphatic rings. The Balaban J connectivity index is 1.23. The second-order valence-electron chi connectivity index (χ2n) is 8.73. The number of likely N-dealkylation sites (tertiary alicyclic amines) is 1. The van der Waals surface area contributed by atoms with Gasteiger partial charge in [-0.05, 0) is 55.3 Å². The molecule has 0 aliphatic carbocycles. The fraction of sp³-hybridized carbons (Fsp3) is 0.310. The summed E-state index contributed by atoms with van der Waals surface area (Å²) in [5, 5.41) is 5.99. The maximum Gasteiger partial charge on any atom is 0.253 e. The molecule has 4 rings (SSSR count). The monoisotopic (exact) mass is 487 g/mol. The molecule has 1 fully saturated rings. The summed E-state index contributed by atoms with van der Waals surface area (Å²) in [5.41, 5.74) is 1.98. The van der Waals surface area contributed by atoms with Crippen LogP contribution in [0, 0.1) is 0 Å². The molecule has 0 spiro atoms. The molecule has 0 bridgehead atoms. The van der Waals surface area contributed by atoms with E-state index in [1.165, 1.54) is 12.8 Å². The third kappa shape index (κ3) is 7.77. The Kier molecular flexibility index (Phi) is 9.19. The SMILES string of the molecule is O=C(CNc1cccc(OCCOc2ccccc2)c1)Nc1cccc(C(=O)N2CCCCCC2)c1. The summed E-state index contributed by atoms with van der Waals surface area (Å²) >= 11 is 0. The predicted octanol–water partition coefficient (Wildman–Crippen LogP) is 5.21. The summed E-state index contributed by atoms with van der Waals surface area (Å²) in [6.45, 7) is 2.52. The number of benzene rings is 3. The molecular weight excluding hydrogens is 454 g/mol. The van der Waals surface area contributed by atoms with Gasteiger partial charge in [0.25, 0.3) is 5.91 Å². The Labute approximate surface area is 212 Å². The van der Waals surface area contributed by atoms with E-state index in [1.54, 1.807) is 24.3 Å². The zero-order valence-electron chi connectivity index (χ0n) is 20.4. The molecule has 7 heteroatoms. The first-order valence-corrected chi connectivity index (χ1v) is 12.5. The Morgan fingerprint density at radius 3 is 2.17 bits per heavy atom. The number of carbonyl (C=O) groups excluding carboxylic acids is 2. The summed E-state index contributed by atoms with van der Waals surface area (Å²) < 4.78 is 11.4. The average Bonchev–Trinajstić information content (AvgIpc) is 3.20. The largest absolute Gasteiger partial charge is 0.490 e. The summed E-state index contributed by atoms with van der Waals surface area (Å²) in [5.74, 6) is 1.32. The van der Waals surface area contributed by atoms with Crippen LogP contribution in [-0.4, -0.2) is 49.6 Å².